The summed E-state index contributed by atoms with van der Waals surface area (Å²) in [6.07, 6.45) is 9.90. The molecule has 4 fully saturated rings. The van der Waals surface area contributed by atoms with Gasteiger partial charge in [0.2, 0.25) is 5.91 Å². The van der Waals surface area contributed by atoms with Crippen LogP contribution in [0.15, 0.2) is 30.3 Å². The molecule has 1 aromatic carbocycles. The number of urea groups is 1. The molecule has 3 amide bonds. The highest BCUT2D eigenvalue weighted by molar-refractivity contribution is 5.83. The van der Waals surface area contributed by atoms with E-state index in [9.17, 15) is 14.7 Å². The van der Waals surface area contributed by atoms with Gasteiger partial charge in [-0.1, -0.05) is 62.4 Å². The number of amides is 3. The minimum atomic E-state index is -0.401. The topological polar surface area (TPSA) is 72.9 Å². The molecule has 4 aliphatic rings. The summed E-state index contributed by atoms with van der Waals surface area (Å²) in [7, 11) is 0. The molecule has 1 aromatic rings. The van der Waals surface area contributed by atoms with Crippen molar-refractivity contribution in [1.29, 1.82) is 0 Å². The molecule has 5 rings (SSSR count). The van der Waals surface area contributed by atoms with Gasteiger partial charge in [-0.15, -0.1) is 0 Å². The molecule has 0 bridgehead atoms. The van der Waals surface area contributed by atoms with Gasteiger partial charge in [0.15, 0.2) is 0 Å². The van der Waals surface area contributed by atoms with Crippen LogP contribution < -0.4 is 5.32 Å². The van der Waals surface area contributed by atoms with E-state index in [2.05, 4.69) is 17.4 Å². The largest absolute Gasteiger partial charge is 0.394 e. The maximum absolute atomic E-state index is 13.3. The Morgan fingerprint density at radius 3 is 2.26 bits per heavy atom. The third-order valence-corrected chi connectivity index (χ3v) is 8.22. The highest BCUT2D eigenvalue weighted by Gasteiger charge is 2.68. The fourth-order valence-corrected chi connectivity index (χ4v) is 6.68. The fraction of sp³-hybridized carbons (Fsp3) is 0.680. The SMILES string of the molecule is O=C(C1CCCCC1)N1CC2(C1)[C@H](c1ccccc1)[C@H](CO)N2C(=O)NC1CCCC1. The lowest BCUT2D eigenvalue weighted by atomic mass is 9.60. The van der Waals surface area contributed by atoms with E-state index >= 15 is 0 Å². The quantitative estimate of drug-likeness (QED) is 0.778. The molecule has 2 saturated carbocycles. The number of hydrogen-bond acceptors (Lipinski definition) is 3. The van der Waals surface area contributed by atoms with Crippen LogP contribution in [-0.4, -0.2) is 64.2 Å². The number of carbonyl (C=O) groups is 2. The molecule has 6 heteroatoms. The van der Waals surface area contributed by atoms with Crippen LogP contribution in [0.5, 0.6) is 0 Å². The van der Waals surface area contributed by atoms with Crippen molar-refractivity contribution in [3.63, 3.8) is 0 Å². The highest BCUT2D eigenvalue weighted by atomic mass is 16.3. The van der Waals surface area contributed by atoms with Gasteiger partial charge in [-0.3, -0.25) is 4.79 Å². The molecular formula is C25H35N3O3. The van der Waals surface area contributed by atoms with Crippen LogP contribution in [0, 0.1) is 5.92 Å². The van der Waals surface area contributed by atoms with Gasteiger partial charge in [0.25, 0.3) is 0 Å². The molecule has 2 saturated heterocycles. The van der Waals surface area contributed by atoms with Gasteiger partial charge >= 0.3 is 6.03 Å². The van der Waals surface area contributed by atoms with Crippen molar-refractivity contribution in [2.75, 3.05) is 19.7 Å². The third kappa shape index (κ3) is 3.53. The number of hydrogen-bond donors (Lipinski definition) is 2. The zero-order chi connectivity index (χ0) is 21.4. The van der Waals surface area contributed by atoms with Crippen LogP contribution in [0.3, 0.4) is 0 Å². The molecule has 2 atom stereocenters. The maximum atomic E-state index is 13.3. The number of rotatable bonds is 4. The van der Waals surface area contributed by atoms with Crippen molar-refractivity contribution in [1.82, 2.24) is 15.1 Å². The molecular weight excluding hydrogens is 390 g/mol. The van der Waals surface area contributed by atoms with E-state index in [1.54, 1.807) is 0 Å². The standard InChI is InChI=1S/C25H35N3O3/c29-15-21-22(18-9-3-1-4-10-18)25(28(21)24(31)26-20-13-7-8-14-20)16-27(17-25)23(30)19-11-5-2-6-12-19/h1,3-4,9-10,19-22,29H,2,5-8,11-17H2,(H,26,31)/t21-,22+/m0/s1. The predicted octanol–water partition coefficient (Wildman–Crippen LogP) is 3.26. The van der Waals surface area contributed by atoms with Crippen molar-refractivity contribution < 1.29 is 14.7 Å². The normalized spacial score (nSPS) is 28.3. The first-order valence-electron chi connectivity index (χ1n) is 12.2. The summed E-state index contributed by atoms with van der Waals surface area (Å²) >= 11 is 0. The minimum Gasteiger partial charge on any atom is -0.394 e. The van der Waals surface area contributed by atoms with Gasteiger partial charge in [0.1, 0.15) is 0 Å². The Balaban J connectivity index is 1.36. The molecule has 1 spiro atoms. The number of nitrogens with one attached hydrogen (secondary N) is 1. The van der Waals surface area contributed by atoms with Crippen molar-refractivity contribution in [2.24, 2.45) is 5.92 Å². The molecule has 31 heavy (non-hydrogen) atoms. The average Bonchev–Trinajstić information content (AvgIpc) is 3.26. The lowest BCUT2D eigenvalue weighted by molar-refractivity contribution is -0.181. The van der Waals surface area contributed by atoms with Crippen LogP contribution in [0.1, 0.15) is 69.3 Å². The first kappa shape index (κ1) is 20.8. The fourth-order valence-electron chi connectivity index (χ4n) is 6.68. The van der Waals surface area contributed by atoms with Gasteiger partial charge in [0, 0.05) is 31.0 Å². The Bertz CT molecular complexity index is 795. The molecule has 2 N–H and O–H groups in total. The first-order valence-corrected chi connectivity index (χ1v) is 12.2. The Morgan fingerprint density at radius 1 is 0.968 bits per heavy atom. The van der Waals surface area contributed by atoms with E-state index < -0.39 is 5.54 Å². The van der Waals surface area contributed by atoms with Crippen molar-refractivity contribution >= 4 is 11.9 Å². The summed E-state index contributed by atoms with van der Waals surface area (Å²) in [6, 6.07) is 10.1. The summed E-state index contributed by atoms with van der Waals surface area (Å²) in [5, 5.41) is 13.4. The van der Waals surface area contributed by atoms with E-state index in [0.29, 0.717) is 13.1 Å². The van der Waals surface area contributed by atoms with Crippen LogP contribution in [0.4, 0.5) is 4.79 Å². The van der Waals surface area contributed by atoms with Gasteiger partial charge in [0.05, 0.1) is 18.2 Å². The van der Waals surface area contributed by atoms with Gasteiger partial charge in [-0.05, 0) is 31.2 Å². The molecule has 0 aromatic heterocycles. The van der Waals surface area contributed by atoms with Gasteiger partial charge in [-0.25, -0.2) is 4.79 Å². The molecule has 2 heterocycles. The maximum Gasteiger partial charge on any atom is 0.318 e. The number of benzene rings is 1. The number of aliphatic hydroxyl groups is 1. The summed E-state index contributed by atoms with van der Waals surface area (Å²) < 4.78 is 0. The van der Waals surface area contributed by atoms with Crippen molar-refractivity contribution in [2.45, 2.75) is 81.3 Å². The highest BCUT2D eigenvalue weighted by Crippen LogP contribution is 2.54. The molecule has 0 unspecified atom stereocenters. The second kappa shape index (κ2) is 8.45. The van der Waals surface area contributed by atoms with Crippen LogP contribution >= 0.6 is 0 Å². The van der Waals surface area contributed by atoms with Crippen molar-refractivity contribution in [3.05, 3.63) is 35.9 Å². The molecule has 6 nitrogen and oxygen atoms in total. The molecule has 168 valence electrons. The molecule has 0 radical (unpaired) electrons. The van der Waals surface area contributed by atoms with E-state index in [0.717, 1.165) is 56.9 Å². The molecule has 2 aliphatic carbocycles. The first-order chi connectivity index (χ1) is 15.1. The minimum absolute atomic E-state index is 0.0587. The number of likely N-dealkylation sites (tertiary alicyclic amines) is 2. The van der Waals surface area contributed by atoms with E-state index in [1.165, 1.54) is 6.42 Å². The Morgan fingerprint density at radius 2 is 1.61 bits per heavy atom. The second-order valence-corrected chi connectivity index (χ2v) is 10.1. The van der Waals surface area contributed by atoms with Gasteiger partial charge in [-0.2, -0.15) is 0 Å². The smallest absolute Gasteiger partial charge is 0.318 e. The predicted molar refractivity (Wildman–Crippen MR) is 119 cm³/mol. The zero-order valence-corrected chi connectivity index (χ0v) is 18.3. The zero-order valence-electron chi connectivity index (χ0n) is 18.3. The monoisotopic (exact) mass is 425 g/mol. The Kier molecular flexibility index (Phi) is 5.67. The second-order valence-electron chi connectivity index (χ2n) is 10.1. The van der Waals surface area contributed by atoms with Crippen LogP contribution in [0.25, 0.3) is 0 Å². The van der Waals surface area contributed by atoms with E-state index in [-0.39, 0.29) is 42.5 Å². The molecule has 2 aliphatic heterocycles. The average molecular weight is 426 g/mol. The summed E-state index contributed by atoms with van der Waals surface area (Å²) in [5.74, 6) is 0.472. The van der Waals surface area contributed by atoms with E-state index in [1.807, 2.05) is 28.0 Å². The Labute approximate surface area is 185 Å². The number of carbonyl (C=O) groups excluding carboxylic acids is 2. The van der Waals surface area contributed by atoms with Crippen LogP contribution in [0.2, 0.25) is 0 Å². The number of nitrogens with zero attached hydrogens (tertiary/aromatic N) is 2. The summed E-state index contributed by atoms with van der Waals surface area (Å²) in [4.78, 5) is 30.3. The summed E-state index contributed by atoms with van der Waals surface area (Å²) in [5.41, 5.74) is 0.748. The third-order valence-electron chi connectivity index (χ3n) is 8.22. The van der Waals surface area contributed by atoms with Crippen LogP contribution in [-0.2, 0) is 4.79 Å². The number of aliphatic hydroxyl groups excluding tert-OH is 1. The summed E-state index contributed by atoms with van der Waals surface area (Å²) in [6.45, 7) is 1.10. The van der Waals surface area contributed by atoms with Crippen molar-refractivity contribution in [3.8, 4) is 0 Å². The van der Waals surface area contributed by atoms with Gasteiger partial charge < -0.3 is 20.2 Å². The lowest BCUT2D eigenvalue weighted by Crippen LogP contribution is -2.87. The van der Waals surface area contributed by atoms with E-state index in [4.69, 9.17) is 0 Å². The lowest BCUT2D eigenvalue weighted by Gasteiger charge is -2.70. The Hall–Kier alpha value is -2.08.